The molecule has 17 heavy (non-hydrogen) atoms. The minimum atomic E-state index is -0.0878. The number of fused-ring (bicyclic) bond motifs is 1. The molecule has 2 saturated carbocycles. The van der Waals surface area contributed by atoms with E-state index in [1.165, 1.54) is 19.3 Å². The van der Waals surface area contributed by atoms with Crippen LogP contribution in [0.5, 0.6) is 0 Å². The van der Waals surface area contributed by atoms with Crippen LogP contribution in [0.2, 0.25) is 0 Å². The zero-order chi connectivity index (χ0) is 12.2. The topological polar surface area (TPSA) is 26.0 Å². The minimum absolute atomic E-state index is 0.0878. The maximum atomic E-state index is 13.6. The number of rotatable bonds is 2. The van der Waals surface area contributed by atoms with Crippen molar-refractivity contribution in [2.24, 2.45) is 23.5 Å². The van der Waals surface area contributed by atoms with Gasteiger partial charge in [-0.1, -0.05) is 12.1 Å². The van der Waals surface area contributed by atoms with E-state index >= 15 is 0 Å². The lowest BCUT2D eigenvalue weighted by molar-refractivity contribution is 0.403. The summed E-state index contributed by atoms with van der Waals surface area (Å²) in [7, 11) is 0. The molecule has 0 aromatic heterocycles. The van der Waals surface area contributed by atoms with Crippen molar-refractivity contribution in [1.82, 2.24) is 0 Å². The van der Waals surface area contributed by atoms with Gasteiger partial charge in [0.15, 0.2) is 0 Å². The van der Waals surface area contributed by atoms with Crippen molar-refractivity contribution in [3.05, 3.63) is 34.6 Å². The number of nitrogens with two attached hydrogens (primary N) is 1. The molecule has 92 valence electrons. The lowest BCUT2D eigenvalue weighted by Gasteiger charge is -2.22. The van der Waals surface area contributed by atoms with Crippen LogP contribution < -0.4 is 5.73 Å². The van der Waals surface area contributed by atoms with Crippen molar-refractivity contribution in [3.8, 4) is 0 Å². The first-order valence-corrected chi connectivity index (χ1v) is 6.58. The maximum absolute atomic E-state index is 13.6. The molecule has 2 aliphatic rings. The Kier molecular flexibility index (Phi) is 2.51. The Morgan fingerprint density at radius 1 is 1.12 bits per heavy atom. The number of halogens is 1. The Morgan fingerprint density at radius 2 is 1.65 bits per heavy atom. The summed E-state index contributed by atoms with van der Waals surface area (Å²) in [5.41, 5.74) is 8.91. The van der Waals surface area contributed by atoms with E-state index in [1.807, 2.05) is 26.0 Å². The molecular weight excluding hydrogens is 213 g/mol. The second kappa shape index (κ2) is 3.81. The van der Waals surface area contributed by atoms with Crippen LogP contribution in [0.4, 0.5) is 4.39 Å². The van der Waals surface area contributed by atoms with E-state index < -0.39 is 0 Å². The predicted molar refractivity (Wildman–Crippen MR) is 67.1 cm³/mol. The second-order valence-corrected chi connectivity index (χ2v) is 5.98. The largest absolute Gasteiger partial charge is 0.324 e. The molecule has 2 fully saturated rings. The monoisotopic (exact) mass is 233 g/mol. The van der Waals surface area contributed by atoms with Crippen LogP contribution in [0.15, 0.2) is 12.1 Å². The lowest BCUT2D eigenvalue weighted by atomic mass is 9.88. The summed E-state index contributed by atoms with van der Waals surface area (Å²) in [5.74, 6) is 2.43. The van der Waals surface area contributed by atoms with Gasteiger partial charge in [0.1, 0.15) is 5.82 Å². The van der Waals surface area contributed by atoms with Gasteiger partial charge in [0, 0.05) is 6.04 Å². The van der Waals surface area contributed by atoms with Crippen molar-refractivity contribution in [3.63, 3.8) is 0 Å². The normalized spacial score (nSPS) is 32.4. The molecule has 1 aromatic rings. The van der Waals surface area contributed by atoms with Crippen LogP contribution in [-0.2, 0) is 0 Å². The average Bonchev–Trinajstić information content (AvgIpc) is 2.91. The third-order valence-electron chi connectivity index (χ3n) is 4.63. The first-order chi connectivity index (χ1) is 8.06. The van der Waals surface area contributed by atoms with Crippen LogP contribution in [0.1, 0.15) is 42.0 Å². The van der Waals surface area contributed by atoms with E-state index in [4.69, 9.17) is 5.73 Å². The maximum Gasteiger partial charge on any atom is 0.129 e. The summed E-state index contributed by atoms with van der Waals surface area (Å²) < 4.78 is 13.6. The molecule has 2 heteroatoms. The third-order valence-corrected chi connectivity index (χ3v) is 4.63. The van der Waals surface area contributed by atoms with Gasteiger partial charge < -0.3 is 5.73 Å². The van der Waals surface area contributed by atoms with Crippen LogP contribution >= 0.6 is 0 Å². The molecule has 0 bridgehead atoms. The van der Waals surface area contributed by atoms with Gasteiger partial charge in [0.05, 0.1) is 0 Å². The van der Waals surface area contributed by atoms with Crippen molar-refractivity contribution < 1.29 is 4.39 Å². The highest BCUT2D eigenvalue weighted by Crippen LogP contribution is 2.56. The molecule has 0 spiro atoms. The van der Waals surface area contributed by atoms with Crippen LogP contribution in [-0.4, -0.2) is 0 Å². The molecule has 3 rings (SSSR count). The Balaban J connectivity index is 1.83. The van der Waals surface area contributed by atoms with Crippen molar-refractivity contribution in [2.75, 3.05) is 0 Å². The Hall–Kier alpha value is -0.890. The molecule has 2 N–H and O–H groups in total. The third kappa shape index (κ3) is 1.89. The Morgan fingerprint density at radius 3 is 2.18 bits per heavy atom. The van der Waals surface area contributed by atoms with E-state index in [0.29, 0.717) is 5.92 Å². The standard InChI is InChI=1S/C15H20FN/c1-8-3-12(4-9(2)14(8)16)15(17)13-6-10-5-11(10)7-13/h3-4,10-11,13,15H,5-7,17H2,1-2H3. The molecule has 0 amide bonds. The van der Waals surface area contributed by atoms with Crippen molar-refractivity contribution in [2.45, 2.75) is 39.2 Å². The summed E-state index contributed by atoms with van der Waals surface area (Å²) in [6.07, 6.45) is 3.98. The van der Waals surface area contributed by atoms with E-state index in [2.05, 4.69) is 0 Å². The Labute approximate surface area is 102 Å². The average molecular weight is 233 g/mol. The number of hydrogen-bond acceptors (Lipinski definition) is 1. The van der Waals surface area contributed by atoms with Gasteiger partial charge in [-0.15, -0.1) is 0 Å². The van der Waals surface area contributed by atoms with Crippen molar-refractivity contribution >= 4 is 0 Å². The SMILES string of the molecule is Cc1cc(C(N)C2CC3CC3C2)cc(C)c1F. The summed E-state index contributed by atoms with van der Waals surface area (Å²) in [6, 6.07) is 3.95. The zero-order valence-corrected chi connectivity index (χ0v) is 10.5. The molecule has 3 atom stereocenters. The smallest absolute Gasteiger partial charge is 0.129 e. The first kappa shape index (κ1) is 11.2. The molecule has 1 nitrogen and oxygen atoms in total. The van der Waals surface area contributed by atoms with Gasteiger partial charge in [-0.05, 0) is 67.6 Å². The molecule has 0 heterocycles. The van der Waals surface area contributed by atoms with Gasteiger partial charge in [-0.2, -0.15) is 0 Å². The van der Waals surface area contributed by atoms with Gasteiger partial charge in [0.2, 0.25) is 0 Å². The summed E-state index contributed by atoms with van der Waals surface area (Å²) >= 11 is 0. The first-order valence-electron chi connectivity index (χ1n) is 6.58. The molecule has 1 aromatic carbocycles. The number of hydrogen-bond donors (Lipinski definition) is 1. The quantitative estimate of drug-likeness (QED) is 0.831. The summed E-state index contributed by atoms with van der Waals surface area (Å²) in [6.45, 7) is 3.65. The van der Waals surface area contributed by atoms with Crippen molar-refractivity contribution in [1.29, 1.82) is 0 Å². The second-order valence-electron chi connectivity index (χ2n) is 5.98. The van der Waals surface area contributed by atoms with Gasteiger partial charge in [0.25, 0.3) is 0 Å². The van der Waals surface area contributed by atoms with E-state index in [1.54, 1.807) is 0 Å². The van der Waals surface area contributed by atoms with E-state index in [0.717, 1.165) is 28.5 Å². The fraction of sp³-hybridized carbons (Fsp3) is 0.600. The van der Waals surface area contributed by atoms with Gasteiger partial charge in [-0.3, -0.25) is 0 Å². The predicted octanol–water partition coefficient (Wildman–Crippen LogP) is 3.49. The highest BCUT2D eigenvalue weighted by atomic mass is 19.1. The molecular formula is C15H20FN. The molecule has 0 radical (unpaired) electrons. The fourth-order valence-corrected chi connectivity index (χ4v) is 3.50. The molecule has 0 saturated heterocycles. The Bertz CT molecular complexity index is 421. The van der Waals surface area contributed by atoms with E-state index in [9.17, 15) is 4.39 Å². The summed E-state index contributed by atoms with van der Waals surface area (Å²) in [5, 5.41) is 0. The van der Waals surface area contributed by atoms with Crippen LogP contribution in [0.25, 0.3) is 0 Å². The summed E-state index contributed by atoms with van der Waals surface area (Å²) in [4.78, 5) is 0. The highest BCUT2D eigenvalue weighted by molar-refractivity contribution is 5.32. The molecule has 3 unspecified atom stereocenters. The van der Waals surface area contributed by atoms with Gasteiger partial charge >= 0.3 is 0 Å². The van der Waals surface area contributed by atoms with Crippen LogP contribution in [0, 0.1) is 37.4 Å². The number of aryl methyl sites for hydroxylation is 2. The van der Waals surface area contributed by atoms with E-state index in [-0.39, 0.29) is 11.9 Å². The minimum Gasteiger partial charge on any atom is -0.324 e. The molecule has 0 aliphatic heterocycles. The van der Waals surface area contributed by atoms with Gasteiger partial charge in [-0.25, -0.2) is 4.39 Å². The highest BCUT2D eigenvalue weighted by Gasteiger charge is 2.47. The zero-order valence-electron chi connectivity index (χ0n) is 10.5. The molecule has 2 aliphatic carbocycles. The fourth-order valence-electron chi connectivity index (χ4n) is 3.50. The number of benzene rings is 1. The van der Waals surface area contributed by atoms with Crippen LogP contribution in [0.3, 0.4) is 0 Å². The lowest BCUT2D eigenvalue weighted by Crippen LogP contribution is -2.20.